The Labute approximate surface area is 135 Å². The van der Waals surface area contributed by atoms with E-state index in [1.165, 1.54) is 50.8 Å². The van der Waals surface area contributed by atoms with Gasteiger partial charge in [0.25, 0.3) is 0 Å². The van der Waals surface area contributed by atoms with Crippen LogP contribution in [0.5, 0.6) is 0 Å². The second-order valence-electron chi connectivity index (χ2n) is 5.05. The van der Waals surface area contributed by atoms with E-state index in [9.17, 15) is 0 Å². The smallest absolute Gasteiger partial charge is 0.0708 e. The Hall–Kier alpha value is -0.300. The van der Waals surface area contributed by atoms with Crippen molar-refractivity contribution in [3.63, 3.8) is 0 Å². The molecule has 0 amide bonds. The molecule has 6 heteroatoms. The monoisotopic (exact) mass is 338 g/mol. The topological polar surface area (TPSA) is 31.6 Å². The van der Waals surface area contributed by atoms with E-state index in [1.807, 2.05) is 47.0 Å². The lowest BCUT2D eigenvalue weighted by Gasteiger charge is -2.02. The van der Waals surface area contributed by atoms with Gasteiger partial charge in [0.05, 0.1) is 8.47 Å². The predicted molar refractivity (Wildman–Crippen MR) is 91.0 cm³/mol. The van der Waals surface area contributed by atoms with Gasteiger partial charge in [-0.25, -0.2) is 0 Å². The Morgan fingerprint density at radius 1 is 0.500 bits per heavy atom. The molecule has 104 valence electrons. The van der Waals surface area contributed by atoms with Crippen LogP contribution in [-0.4, -0.2) is 9.97 Å². The molecular formula is C14H14N2S4. The van der Waals surface area contributed by atoms with Crippen LogP contribution in [0.15, 0.2) is 28.1 Å². The molecule has 2 aliphatic rings. The second-order valence-corrected chi connectivity index (χ2v) is 9.65. The third-order valence-corrected chi connectivity index (χ3v) is 9.66. The molecule has 2 aromatic rings. The van der Waals surface area contributed by atoms with Crippen molar-refractivity contribution < 1.29 is 0 Å². The summed E-state index contributed by atoms with van der Waals surface area (Å²) in [6.45, 7) is 8.67. The van der Waals surface area contributed by atoms with Gasteiger partial charge in [0.15, 0.2) is 0 Å². The van der Waals surface area contributed by atoms with Gasteiger partial charge in [-0.15, -0.1) is 0 Å². The zero-order valence-corrected chi connectivity index (χ0v) is 14.9. The third-order valence-electron chi connectivity index (χ3n) is 3.47. The minimum Gasteiger partial charge on any atom is -0.361 e. The van der Waals surface area contributed by atoms with Crippen molar-refractivity contribution in [2.45, 2.75) is 47.3 Å². The first-order valence-electron chi connectivity index (χ1n) is 6.38. The molecule has 2 aliphatic heterocycles. The summed E-state index contributed by atoms with van der Waals surface area (Å²) in [6, 6.07) is 0. The van der Waals surface area contributed by atoms with E-state index < -0.39 is 0 Å². The van der Waals surface area contributed by atoms with E-state index in [1.54, 1.807) is 0 Å². The molecule has 2 N–H and O–H groups in total. The highest BCUT2D eigenvalue weighted by Gasteiger charge is 2.31. The average molecular weight is 339 g/mol. The van der Waals surface area contributed by atoms with Gasteiger partial charge in [0, 0.05) is 42.4 Å². The molecule has 0 aliphatic carbocycles. The standard InChI is InChI=1S/C14H14N2S4/c1-5-9-10(6(2)15-5)18-13(17-9)14-19-11-7(3)16-8(4)12(11)20-14/h15-16H,1-4H3. The molecule has 0 unspecified atom stereocenters. The molecule has 20 heavy (non-hydrogen) atoms. The maximum absolute atomic E-state index is 3.44. The molecule has 4 heterocycles. The van der Waals surface area contributed by atoms with Crippen molar-refractivity contribution in [2.75, 3.05) is 0 Å². The number of hydrogen-bond acceptors (Lipinski definition) is 4. The summed E-state index contributed by atoms with van der Waals surface area (Å²) in [7, 11) is 0. The molecule has 0 fully saturated rings. The number of aromatic amines is 2. The van der Waals surface area contributed by atoms with Crippen molar-refractivity contribution in [1.29, 1.82) is 0 Å². The Kier molecular flexibility index (Phi) is 3.07. The number of H-pyrrole nitrogens is 2. The number of aryl methyl sites for hydroxylation is 4. The molecule has 0 radical (unpaired) electrons. The molecule has 0 saturated carbocycles. The van der Waals surface area contributed by atoms with Crippen molar-refractivity contribution in [2.24, 2.45) is 0 Å². The highest BCUT2D eigenvalue weighted by Crippen LogP contribution is 2.63. The number of aromatic nitrogens is 2. The Morgan fingerprint density at radius 2 is 0.750 bits per heavy atom. The van der Waals surface area contributed by atoms with Crippen LogP contribution in [-0.2, 0) is 0 Å². The number of thioether (sulfide) groups is 4. The van der Waals surface area contributed by atoms with Crippen molar-refractivity contribution in [1.82, 2.24) is 9.97 Å². The van der Waals surface area contributed by atoms with Gasteiger partial charge in [0.2, 0.25) is 0 Å². The first-order valence-corrected chi connectivity index (χ1v) is 9.65. The summed E-state index contributed by atoms with van der Waals surface area (Å²) in [6.07, 6.45) is 0. The van der Waals surface area contributed by atoms with E-state index in [2.05, 4.69) is 37.7 Å². The van der Waals surface area contributed by atoms with Gasteiger partial charge in [-0.1, -0.05) is 47.0 Å². The first kappa shape index (κ1) is 13.4. The number of hydrogen-bond donors (Lipinski definition) is 2. The summed E-state index contributed by atoms with van der Waals surface area (Å²) in [5, 5.41) is 0. The van der Waals surface area contributed by atoms with Crippen molar-refractivity contribution >= 4 is 47.0 Å². The minimum atomic E-state index is 1.30. The van der Waals surface area contributed by atoms with Crippen molar-refractivity contribution in [3.05, 3.63) is 31.3 Å². The Morgan fingerprint density at radius 3 is 1.00 bits per heavy atom. The highest BCUT2D eigenvalue weighted by atomic mass is 32.2. The second kappa shape index (κ2) is 4.60. The number of nitrogens with one attached hydrogen (secondary N) is 2. The molecule has 4 rings (SSSR count). The average Bonchev–Trinajstić information content (AvgIpc) is 3.09. The molecule has 2 aromatic heterocycles. The summed E-state index contributed by atoms with van der Waals surface area (Å²) in [5.41, 5.74) is 5.19. The Bertz CT molecular complexity index is 645. The highest BCUT2D eigenvalue weighted by molar-refractivity contribution is 8.30. The van der Waals surface area contributed by atoms with Crippen LogP contribution in [0.3, 0.4) is 0 Å². The third kappa shape index (κ3) is 1.85. The van der Waals surface area contributed by atoms with Gasteiger partial charge in [-0.05, 0) is 27.7 Å². The number of fused-ring (bicyclic) bond motifs is 2. The lowest BCUT2D eigenvalue weighted by molar-refractivity contribution is 1.16. The van der Waals surface area contributed by atoms with Gasteiger partial charge < -0.3 is 9.97 Å². The largest absolute Gasteiger partial charge is 0.361 e. The fraction of sp³-hybridized carbons (Fsp3) is 0.286. The van der Waals surface area contributed by atoms with Crippen LogP contribution in [0.4, 0.5) is 0 Å². The Balaban J connectivity index is 1.71. The molecular weight excluding hydrogens is 324 g/mol. The van der Waals surface area contributed by atoms with Crippen LogP contribution in [0, 0.1) is 27.7 Å². The summed E-state index contributed by atoms with van der Waals surface area (Å²) in [5.74, 6) is 0. The predicted octanol–water partition coefficient (Wildman–Crippen LogP) is 5.80. The number of rotatable bonds is 0. The maximum atomic E-state index is 3.44. The van der Waals surface area contributed by atoms with Crippen LogP contribution >= 0.6 is 47.0 Å². The van der Waals surface area contributed by atoms with Gasteiger partial charge in [-0.3, -0.25) is 0 Å². The minimum absolute atomic E-state index is 1.30. The van der Waals surface area contributed by atoms with E-state index in [4.69, 9.17) is 0 Å². The van der Waals surface area contributed by atoms with E-state index in [0.29, 0.717) is 0 Å². The van der Waals surface area contributed by atoms with Crippen LogP contribution in [0.25, 0.3) is 0 Å². The zero-order valence-electron chi connectivity index (χ0n) is 11.6. The molecule has 0 aromatic carbocycles. The summed E-state index contributed by atoms with van der Waals surface area (Å²) >= 11 is 7.70. The fourth-order valence-electron chi connectivity index (χ4n) is 2.54. The van der Waals surface area contributed by atoms with E-state index in [0.717, 1.165) is 0 Å². The normalized spacial score (nSPS) is 17.0. The molecule has 0 bridgehead atoms. The van der Waals surface area contributed by atoms with Crippen LogP contribution < -0.4 is 0 Å². The first-order chi connectivity index (χ1) is 9.54. The van der Waals surface area contributed by atoms with E-state index in [-0.39, 0.29) is 0 Å². The van der Waals surface area contributed by atoms with Gasteiger partial charge in [-0.2, -0.15) is 0 Å². The lowest BCUT2D eigenvalue weighted by atomic mass is 10.4. The zero-order chi connectivity index (χ0) is 14.0. The maximum Gasteiger partial charge on any atom is 0.0708 e. The summed E-state index contributed by atoms with van der Waals surface area (Å²) in [4.78, 5) is 12.6. The lowest BCUT2D eigenvalue weighted by Crippen LogP contribution is -1.77. The molecule has 0 atom stereocenters. The van der Waals surface area contributed by atoms with Gasteiger partial charge in [0.1, 0.15) is 0 Å². The fourth-order valence-corrected chi connectivity index (χ4v) is 8.25. The molecule has 0 saturated heterocycles. The summed E-state index contributed by atoms with van der Waals surface area (Å²) < 4.78 is 2.89. The van der Waals surface area contributed by atoms with Crippen LogP contribution in [0.2, 0.25) is 0 Å². The SMILES string of the molecule is Cc1[nH]c(C)c2c1SC(=C1Sc3c(C)[nH]c(C)c3S1)S2. The van der Waals surface area contributed by atoms with E-state index >= 15 is 0 Å². The quantitative estimate of drug-likeness (QED) is 0.636. The molecule has 2 nitrogen and oxygen atoms in total. The molecule has 0 spiro atoms. The van der Waals surface area contributed by atoms with Gasteiger partial charge >= 0.3 is 0 Å². The van der Waals surface area contributed by atoms with Crippen LogP contribution in [0.1, 0.15) is 22.8 Å². The van der Waals surface area contributed by atoms with Crippen molar-refractivity contribution in [3.8, 4) is 0 Å².